The minimum Gasteiger partial charge on any atom is -0.497 e. The molecule has 2 saturated heterocycles. The third-order valence-corrected chi connectivity index (χ3v) is 4.38. The Bertz CT molecular complexity index is 671. The average molecular weight is 347 g/mol. The van der Waals surface area contributed by atoms with Gasteiger partial charge in [-0.05, 0) is 32.9 Å². The van der Waals surface area contributed by atoms with Crippen molar-refractivity contribution in [2.24, 2.45) is 0 Å². The van der Waals surface area contributed by atoms with Crippen molar-refractivity contribution < 1.29 is 19.1 Å². The summed E-state index contributed by atoms with van der Waals surface area (Å²) in [6.07, 6.45) is 0. The fraction of sp³-hybridized carbons (Fsp3) is 0.556. The monoisotopic (exact) mass is 347 g/mol. The molecule has 7 nitrogen and oxygen atoms in total. The summed E-state index contributed by atoms with van der Waals surface area (Å²) in [5, 5.41) is 3.18. The number of rotatable bonds is 3. The maximum atomic E-state index is 12.8. The second-order valence-corrected chi connectivity index (χ2v) is 7.35. The van der Waals surface area contributed by atoms with E-state index in [-0.39, 0.29) is 17.9 Å². The van der Waals surface area contributed by atoms with Crippen molar-refractivity contribution in [3.8, 4) is 5.75 Å². The minimum absolute atomic E-state index is 0.0194. The molecule has 1 N–H and O–H groups in total. The van der Waals surface area contributed by atoms with E-state index in [2.05, 4.69) is 5.32 Å². The van der Waals surface area contributed by atoms with E-state index in [4.69, 9.17) is 9.47 Å². The van der Waals surface area contributed by atoms with E-state index in [9.17, 15) is 9.59 Å². The number of amides is 1. The number of hydrogen-bond acceptors (Lipinski definition) is 6. The van der Waals surface area contributed by atoms with Crippen molar-refractivity contribution in [3.05, 3.63) is 24.3 Å². The van der Waals surface area contributed by atoms with E-state index in [1.165, 1.54) is 0 Å². The molecule has 1 amide bonds. The van der Waals surface area contributed by atoms with Crippen LogP contribution in [0.4, 0.5) is 5.69 Å². The summed E-state index contributed by atoms with van der Waals surface area (Å²) in [6, 6.07) is 6.54. The Balaban J connectivity index is 1.81. The number of nitrogens with one attached hydrogen (secondary N) is 1. The molecular formula is C18H25N3O4. The molecule has 1 aromatic rings. The van der Waals surface area contributed by atoms with Crippen LogP contribution in [-0.4, -0.2) is 61.3 Å². The van der Waals surface area contributed by atoms with Crippen LogP contribution in [0.5, 0.6) is 5.75 Å². The number of hydrogen-bond donors (Lipinski definition) is 1. The summed E-state index contributed by atoms with van der Waals surface area (Å²) in [5.74, 6) is 0.371. The van der Waals surface area contributed by atoms with E-state index in [1.807, 2.05) is 49.9 Å². The van der Waals surface area contributed by atoms with Gasteiger partial charge in [0.25, 0.3) is 0 Å². The molecule has 3 rings (SSSR count). The van der Waals surface area contributed by atoms with Gasteiger partial charge >= 0.3 is 5.97 Å². The Labute approximate surface area is 147 Å². The molecule has 136 valence electrons. The first-order chi connectivity index (χ1) is 11.8. The molecule has 1 aromatic carbocycles. The molecule has 2 fully saturated rings. The topological polar surface area (TPSA) is 71.1 Å². The van der Waals surface area contributed by atoms with Crippen LogP contribution in [0.15, 0.2) is 24.3 Å². The van der Waals surface area contributed by atoms with Crippen LogP contribution < -0.4 is 15.0 Å². The van der Waals surface area contributed by atoms with Gasteiger partial charge in [-0.3, -0.25) is 19.4 Å². The van der Waals surface area contributed by atoms with E-state index < -0.39 is 11.6 Å². The summed E-state index contributed by atoms with van der Waals surface area (Å²) in [4.78, 5) is 29.0. The second-order valence-electron chi connectivity index (χ2n) is 7.35. The van der Waals surface area contributed by atoms with Gasteiger partial charge in [-0.15, -0.1) is 0 Å². The molecule has 0 bridgehead atoms. The molecule has 0 saturated carbocycles. The Hall–Kier alpha value is -2.12. The highest BCUT2D eigenvalue weighted by Gasteiger charge is 2.47. The van der Waals surface area contributed by atoms with Gasteiger partial charge in [0.1, 0.15) is 23.4 Å². The molecule has 0 aromatic heterocycles. The largest absolute Gasteiger partial charge is 0.497 e. The molecule has 2 aliphatic heterocycles. The number of carbonyl (C=O) groups is 2. The van der Waals surface area contributed by atoms with E-state index in [0.29, 0.717) is 25.5 Å². The highest BCUT2D eigenvalue weighted by Crippen LogP contribution is 2.29. The molecular weight excluding hydrogens is 322 g/mol. The van der Waals surface area contributed by atoms with Gasteiger partial charge in [0, 0.05) is 24.8 Å². The van der Waals surface area contributed by atoms with E-state index >= 15 is 0 Å². The van der Waals surface area contributed by atoms with Crippen molar-refractivity contribution in [2.45, 2.75) is 38.5 Å². The number of fused-ring (bicyclic) bond motifs is 1. The van der Waals surface area contributed by atoms with Crippen molar-refractivity contribution >= 4 is 17.6 Å². The third-order valence-electron chi connectivity index (χ3n) is 4.38. The predicted octanol–water partition coefficient (Wildman–Crippen LogP) is 0.983. The number of carbonyl (C=O) groups excluding carboxylic acids is 2. The molecule has 25 heavy (non-hydrogen) atoms. The summed E-state index contributed by atoms with van der Waals surface area (Å²) >= 11 is 0. The second kappa shape index (κ2) is 6.65. The smallest absolute Gasteiger partial charge is 0.325 e. The van der Waals surface area contributed by atoms with Crippen molar-refractivity contribution in [1.29, 1.82) is 0 Å². The molecule has 2 unspecified atom stereocenters. The number of benzene rings is 1. The first kappa shape index (κ1) is 17.7. The number of methoxy groups -OCH3 is 1. The first-order valence-electron chi connectivity index (χ1n) is 8.45. The fourth-order valence-corrected chi connectivity index (χ4v) is 3.22. The highest BCUT2D eigenvalue weighted by atomic mass is 16.6. The average Bonchev–Trinajstić information content (AvgIpc) is 2.90. The maximum absolute atomic E-state index is 12.8. The Morgan fingerprint density at radius 2 is 2.04 bits per heavy atom. The lowest BCUT2D eigenvalue weighted by atomic mass is 10.1. The van der Waals surface area contributed by atoms with E-state index in [0.717, 1.165) is 5.69 Å². The number of esters is 1. The molecule has 2 heterocycles. The number of piperazine rings is 1. The number of anilines is 1. The van der Waals surface area contributed by atoms with Crippen molar-refractivity contribution in [3.63, 3.8) is 0 Å². The Kier molecular flexibility index (Phi) is 4.71. The van der Waals surface area contributed by atoms with Gasteiger partial charge in [0.05, 0.1) is 13.8 Å². The summed E-state index contributed by atoms with van der Waals surface area (Å²) < 4.78 is 10.8. The lowest BCUT2D eigenvalue weighted by Gasteiger charge is -2.35. The van der Waals surface area contributed by atoms with Crippen LogP contribution >= 0.6 is 0 Å². The van der Waals surface area contributed by atoms with Crippen molar-refractivity contribution in [2.75, 3.05) is 31.8 Å². The van der Waals surface area contributed by atoms with Crippen LogP contribution in [0.1, 0.15) is 20.8 Å². The quantitative estimate of drug-likeness (QED) is 0.822. The van der Waals surface area contributed by atoms with Crippen LogP contribution in [0, 0.1) is 0 Å². The SMILES string of the molecule is COc1cccc(N2CN3C(C(=O)OC(C)(C)C)CNCC3C2=O)c1. The molecule has 0 radical (unpaired) electrons. The zero-order chi connectivity index (χ0) is 18.2. The molecule has 2 atom stereocenters. The van der Waals surface area contributed by atoms with Gasteiger partial charge in [0.2, 0.25) is 5.91 Å². The lowest BCUT2D eigenvalue weighted by Crippen LogP contribution is -2.60. The first-order valence-corrected chi connectivity index (χ1v) is 8.45. The third kappa shape index (κ3) is 3.62. The van der Waals surface area contributed by atoms with Crippen LogP contribution in [0.3, 0.4) is 0 Å². The summed E-state index contributed by atoms with van der Waals surface area (Å²) in [5.41, 5.74) is 0.210. The van der Waals surface area contributed by atoms with Gasteiger partial charge in [0.15, 0.2) is 0 Å². The fourth-order valence-electron chi connectivity index (χ4n) is 3.22. The summed E-state index contributed by atoms with van der Waals surface area (Å²) in [6.45, 7) is 6.90. The molecule has 0 spiro atoms. The number of nitrogens with zero attached hydrogens (tertiary/aromatic N) is 2. The van der Waals surface area contributed by atoms with Crippen LogP contribution in [0.25, 0.3) is 0 Å². The highest BCUT2D eigenvalue weighted by molar-refractivity contribution is 6.00. The van der Waals surface area contributed by atoms with Gasteiger partial charge in [-0.2, -0.15) is 0 Å². The van der Waals surface area contributed by atoms with E-state index in [1.54, 1.807) is 12.0 Å². The standard InChI is InChI=1S/C18H25N3O4/c1-18(2,3)25-17(23)15-10-19-9-14-16(22)20(11-21(14)15)12-6-5-7-13(8-12)24-4/h5-8,14-15,19H,9-11H2,1-4H3. The predicted molar refractivity (Wildman–Crippen MR) is 93.5 cm³/mol. The number of ether oxygens (including phenoxy) is 2. The van der Waals surface area contributed by atoms with Gasteiger partial charge in [-0.1, -0.05) is 6.07 Å². The van der Waals surface area contributed by atoms with Crippen LogP contribution in [0.2, 0.25) is 0 Å². The zero-order valence-corrected chi connectivity index (χ0v) is 15.1. The normalized spacial score (nSPS) is 24.2. The van der Waals surface area contributed by atoms with Gasteiger partial charge in [-0.25, -0.2) is 0 Å². The maximum Gasteiger partial charge on any atom is 0.325 e. The zero-order valence-electron chi connectivity index (χ0n) is 15.1. The Morgan fingerprint density at radius 1 is 1.28 bits per heavy atom. The molecule has 2 aliphatic rings. The van der Waals surface area contributed by atoms with Crippen LogP contribution in [-0.2, 0) is 14.3 Å². The molecule has 0 aliphatic carbocycles. The lowest BCUT2D eigenvalue weighted by molar-refractivity contribution is -0.162. The van der Waals surface area contributed by atoms with Gasteiger partial charge < -0.3 is 14.8 Å². The van der Waals surface area contributed by atoms with Crippen molar-refractivity contribution in [1.82, 2.24) is 10.2 Å². The Morgan fingerprint density at radius 3 is 2.72 bits per heavy atom. The summed E-state index contributed by atoms with van der Waals surface area (Å²) in [7, 11) is 1.59. The minimum atomic E-state index is -0.555. The molecule has 7 heteroatoms.